The summed E-state index contributed by atoms with van der Waals surface area (Å²) < 4.78 is 0. The number of halogens is 2. The molecule has 0 aliphatic heterocycles. The van der Waals surface area contributed by atoms with Gasteiger partial charge < -0.3 is 11.1 Å². The van der Waals surface area contributed by atoms with Crippen LogP contribution in [0.3, 0.4) is 0 Å². The summed E-state index contributed by atoms with van der Waals surface area (Å²) in [5.41, 5.74) is 6.41. The van der Waals surface area contributed by atoms with Crippen molar-refractivity contribution in [2.45, 2.75) is 6.54 Å². The van der Waals surface area contributed by atoms with Gasteiger partial charge in [0.25, 0.3) is 0 Å². The average molecular weight is 259 g/mol. The van der Waals surface area contributed by atoms with E-state index in [1.165, 1.54) is 0 Å². The van der Waals surface area contributed by atoms with Gasteiger partial charge in [-0.2, -0.15) is 0 Å². The number of rotatable bonds is 5. The fourth-order valence-corrected chi connectivity index (χ4v) is 1.52. The lowest BCUT2D eigenvalue weighted by Gasteiger charge is -2.06. The Labute approximate surface area is 104 Å². The minimum Gasteiger partial charge on any atom is -0.366 e. The molecule has 16 heavy (non-hydrogen) atoms. The topological polar surface area (TPSA) is 55.1 Å². The van der Waals surface area contributed by atoms with Gasteiger partial charge in [0.2, 0.25) is 5.91 Å². The Hall–Kier alpha value is -1.03. The molecule has 5 heteroatoms. The van der Waals surface area contributed by atoms with E-state index in [1.54, 1.807) is 18.2 Å². The van der Waals surface area contributed by atoms with Gasteiger partial charge >= 0.3 is 0 Å². The highest BCUT2D eigenvalue weighted by molar-refractivity contribution is 6.31. The van der Waals surface area contributed by atoms with Crippen molar-refractivity contribution in [2.24, 2.45) is 5.73 Å². The van der Waals surface area contributed by atoms with Crippen molar-refractivity contribution in [1.82, 2.24) is 5.32 Å². The smallest absolute Gasteiger partial charge is 0.248 e. The lowest BCUT2D eigenvalue weighted by Crippen LogP contribution is -2.15. The Kier molecular flexibility index (Phi) is 4.80. The van der Waals surface area contributed by atoms with Crippen molar-refractivity contribution in [2.75, 3.05) is 6.54 Å². The van der Waals surface area contributed by atoms with Crippen LogP contribution in [-0.2, 0) is 6.54 Å². The van der Waals surface area contributed by atoms with E-state index >= 15 is 0 Å². The molecule has 3 nitrogen and oxygen atoms in total. The first-order valence-electron chi connectivity index (χ1n) is 4.63. The van der Waals surface area contributed by atoms with Crippen molar-refractivity contribution in [3.05, 3.63) is 46.0 Å². The minimum atomic E-state index is -0.490. The molecule has 0 bridgehead atoms. The normalized spacial score (nSPS) is 10.1. The summed E-state index contributed by atoms with van der Waals surface area (Å²) in [5, 5.41) is 4.09. The standard InChI is InChI=1S/C11H12Cl2N2O/c1-7(12)5-15-6-9-3-2-8(11(14)16)4-10(9)13/h2-4,15H,1,5-6H2,(H2,14,16). The number of amides is 1. The second-order valence-electron chi connectivity index (χ2n) is 3.29. The van der Waals surface area contributed by atoms with Gasteiger partial charge in [-0.15, -0.1) is 0 Å². The molecule has 0 saturated carbocycles. The van der Waals surface area contributed by atoms with Crippen molar-refractivity contribution < 1.29 is 4.79 Å². The first kappa shape index (κ1) is 13.0. The zero-order chi connectivity index (χ0) is 12.1. The van der Waals surface area contributed by atoms with E-state index in [9.17, 15) is 4.79 Å². The van der Waals surface area contributed by atoms with Gasteiger partial charge in [0.1, 0.15) is 0 Å². The largest absolute Gasteiger partial charge is 0.366 e. The van der Waals surface area contributed by atoms with Gasteiger partial charge in [-0.1, -0.05) is 35.8 Å². The molecule has 0 aliphatic rings. The van der Waals surface area contributed by atoms with Gasteiger partial charge in [0, 0.05) is 28.7 Å². The third-order valence-electron chi connectivity index (χ3n) is 1.97. The number of nitrogens with two attached hydrogens (primary N) is 1. The van der Waals surface area contributed by atoms with Crippen LogP contribution in [0, 0.1) is 0 Å². The number of primary amides is 1. The Bertz CT molecular complexity index is 418. The summed E-state index contributed by atoms with van der Waals surface area (Å²) in [6, 6.07) is 4.95. The molecule has 0 aromatic heterocycles. The molecule has 1 rings (SSSR count). The number of carbonyl (C=O) groups is 1. The highest BCUT2D eigenvalue weighted by Crippen LogP contribution is 2.17. The second-order valence-corrected chi connectivity index (χ2v) is 4.23. The first-order valence-corrected chi connectivity index (χ1v) is 5.38. The highest BCUT2D eigenvalue weighted by atomic mass is 35.5. The zero-order valence-electron chi connectivity index (χ0n) is 8.59. The van der Waals surface area contributed by atoms with Gasteiger partial charge in [0.15, 0.2) is 0 Å². The van der Waals surface area contributed by atoms with Gasteiger partial charge in [-0.05, 0) is 17.7 Å². The summed E-state index contributed by atoms with van der Waals surface area (Å²) in [6.45, 7) is 4.62. The van der Waals surface area contributed by atoms with Crippen molar-refractivity contribution in [1.29, 1.82) is 0 Å². The first-order chi connectivity index (χ1) is 7.50. The van der Waals surface area contributed by atoms with Crippen LogP contribution in [0.5, 0.6) is 0 Å². The summed E-state index contributed by atoms with van der Waals surface area (Å²) in [6.07, 6.45) is 0. The van der Waals surface area contributed by atoms with Crippen molar-refractivity contribution in [3.63, 3.8) is 0 Å². The van der Waals surface area contributed by atoms with Crippen LogP contribution in [0.15, 0.2) is 29.8 Å². The SMILES string of the molecule is C=C(Cl)CNCc1ccc(C(N)=O)cc1Cl. The molecule has 0 heterocycles. The van der Waals surface area contributed by atoms with Crippen LogP contribution < -0.4 is 11.1 Å². The summed E-state index contributed by atoms with van der Waals surface area (Å²) in [7, 11) is 0. The van der Waals surface area contributed by atoms with Crippen LogP contribution in [0.2, 0.25) is 5.02 Å². The molecule has 0 radical (unpaired) electrons. The molecule has 86 valence electrons. The predicted molar refractivity (Wildman–Crippen MR) is 66.7 cm³/mol. The summed E-state index contributed by atoms with van der Waals surface area (Å²) in [5.74, 6) is -0.490. The Morgan fingerprint density at radius 3 is 2.69 bits per heavy atom. The predicted octanol–water partition coefficient (Wildman–Crippen LogP) is 2.28. The van der Waals surface area contributed by atoms with Crippen molar-refractivity contribution >= 4 is 29.1 Å². The van der Waals surface area contributed by atoms with E-state index < -0.39 is 5.91 Å². The third kappa shape index (κ3) is 3.85. The Balaban J connectivity index is 2.68. The average Bonchev–Trinajstić information content (AvgIpc) is 2.19. The molecule has 0 saturated heterocycles. The molecule has 1 aromatic carbocycles. The van der Waals surface area contributed by atoms with E-state index in [4.69, 9.17) is 28.9 Å². The highest BCUT2D eigenvalue weighted by Gasteiger charge is 2.05. The maximum Gasteiger partial charge on any atom is 0.248 e. The van der Waals surface area contributed by atoms with Gasteiger partial charge in [0.05, 0.1) is 0 Å². The van der Waals surface area contributed by atoms with Crippen LogP contribution in [-0.4, -0.2) is 12.5 Å². The monoisotopic (exact) mass is 258 g/mol. The van der Waals surface area contributed by atoms with E-state index in [0.29, 0.717) is 28.7 Å². The molecule has 0 unspecified atom stereocenters. The molecule has 0 atom stereocenters. The van der Waals surface area contributed by atoms with E-state index in [2.05, 4.69) is 11.9 Å². The quantitative estimate of drug-likeness (QED) is 0.852. The fraction of sp³-hybridized carbons (Fsp3) is 0.182. The number of hydrogen-bond donors (Lipinski definition) is 2. The Morgan fingerprint density at radius 2 is 2.19 bits per heavy atom. The van der Waals surface area contributed by atoms with Crippen molar-refractivity contribution in [3.8, 4) is 0 Å². The van der Waals surface area contributed by atoms with E-state index in [-0.39, 0.29) is 0 Å². The van der Waals surface area contributed by atoms with Crippen LogP contribution >= 0.6 is 23.2 Å². The zero-order valence-corrected chi connectivity index (χ0v) is 10.1. The summed E-state index contributed by atoms with van der Waals surface area (Å²) in [4.78, 5) is 10.9. The Morgan fingerprint density at radius 1 is 1.50 bits per heavy atom. The molecular formula is C11H12Cl2N2O. The minimum absolute atomic E-state index is 0.399. The molecule has 0 aliphatic carbocycles. The molecule has 3 N–H and O–H groups in total. The lowest BCUT2D eigenvalue weighted by atomic mass is 10.1. The van der Waals surface area contributed by atoms with E-state index in [1.807, 2.05) is 0 Å². The van der Waals surface area contributed by atoms with Crippen LogP contribution in [0.4, 0.5) is 0 Å². The number of benzene rings is 1. The van der Waals surface area contributed by atoms with Crippen LogP contribution in [0.25, 0.3) is 0 Å². The fourth-order valence-electron chi connectivity index (χ4n) is 1.18. The number of carbonyl (C=O) groups excluding carboxylic acids is 1. The number of hydrogen-bond acceptors (Lipinski definition) is 2. The number of nitrogens with one attached hydrogen (secondary N) is 1. The van der Waals surface area contributed by atoms with Gasteiger partial charge in [-0.25, -0.2) is 0 Å². The molecular weight excluding hydrogens is 247 g/mol. The molecule has 0 spiro atoms. The van der Waals surface area contributed by atoms with Gasteiger partial charge in [-0.3, -0.25) is 4.79 Å². The molecule has 0 fully saturated rings. The van der Waals surface area contributed by atoms with Crippen LogP contribution in [0.1, 0.15) is 15.9 Å². The molecule has 1 amide bonds. The maximum atomic E-state index is 10.9. The van der Waals surface area contributed by atoms with E-state index in [0.717, 1.165) is 5.56 Å². The summed E-state index contributed by atoms with van der Waals surface area (Å²) >= 11 is 11.6. The lowest BCUT2D eigenvalue weighted by molar-refractivity contribution is 0.100. The maximum absolute atomic E-state index is 10.9. The third-order valence-corrected chi connectivity index (χ3v) is 2.46. The second kappa shape index (κ2) is 5.89. The molecule has 1 aromatic rings.